The van der Waals surface area contributed by atoms with Gasteiger partial charge in [-0.25, -0.2) is 0 Å². The second-order valence-electron chi connectivity index (χ2n) is 5.13. The van der Waals surface area contributed by atoms with E-state index in [1.807, 2.05) is 10.3 Å². The zero-order valence-corrected chi connectivity index (χ0v) is 10.7. The summed E-state index contributed by atoms with van der Waals surface area (Å²) in [6.45, 7) is 1.59. The highest BCUT2D eigenvalue weighted by Crippen LogP contribution is 2.43. The van der Waals surface area contributed by atoms with E-state index in [0.29, 0.717) is 5.92 Å². The first-order chi connectivity index (χ1) is 8.25. The number of rotatable bonds is 2. The highest BCUT2D eigenvalue weighted by molar-refractivity contribution is 7.12. The van der Waals surface area contributed by atoms with Crippen LogP contribution in [-0.4, -0.2) is 29.9 Å². The molecule has 1 aromatic heterocycles. The van der Waals surface area contributed by atoms with Crippen molar-refractivity contribution in [3.63, 3.8) is 0 Å². The molecule has 0 radical (unpaired) electrons. The number of likely N-dealkylation sites (tertiary alicyclic amines) is 1. The van der Waals surface area contributed by atoms with Gasteiger partial charge in [-0.3, -0.25) is 4.79 Å². The van der Waals surface area contributed by atoms with E-state index in [4.69, 9.17) is 5.73 Å². The fourth-order valence-corrected chi connectivity index (χ4v) is 3.50. The van der Waals surface area contributed by atoms with Crippen LogP contribution in [0.2, 0.25) is 0 Å². The molecule has 1 aliphatic carbocycles. The molecule has 1 amide bonds. The predicted molar refractivity (Wildman–Crippen MR) is 69.4 cm³/mol. The molecular formula is C13H18N2OS. The largest absolute Gasteiger partial charge is 0.336 e. The number of nitrogens with zero attached hydrogens (tertiary/aromatic N) is 1. The molecule has 2 heterocycles. The fourth-order valence-electron chi connectivity index (χ4n) is 2.55. The number of hydrogen-bond donors (Lipinski definition) is 1. The van der Waals surface area contributed by atoms with Gasteiger partial charge in [0, 0.05) is 19.1 Å². The van der Waals surface area contributed by atoms with Crippen molar-refractivity contribution in [2.75, 3.05) is 13.1 Å². The van der Waals surface area contributed by atoms with E-state index in [0.717, 1.165) is 30.8 Å². The molecule has 3 nitrogen and oxygen atoms in total. The molecule has 1 saturated heterocycles. The van der Waals surface area contributed by atoms with Gasteiger partial charge in [0.25, 0.3) is 5.91 Å². The van der Waals surface area contributed by atoms with Gasteiger partial charge in [0.2, 0.25) is 0 Å². The fraction of sp³-hybridized carbons (Fsp3) is 0.615. The summed E-state index contributed by atoms with van der Waals surface area (Å²) >= 11 is 1.59. The van der Waals surface area contributed by atoms with Gasteiger partial charge in [-0.15, -0.1) is 11.3 Å². The Hall–Kier alpha value is -0.870. The maximum atomic E-state index is 12.4. The summed E-state index contributed by atoms with van der Waals surface area (Å²) in [5.74, 6) is 0.857. The van der Waals surface area contributed by atoms with Gasteiger partial charge in [0.15, 0.2) is 0 Å². The lowest BCUT2D eigenvalue weighted by atomic mass is 10.1. The molecule has 17 heavy (non-hydrogen) atoms. The Morgan fingerprint density at radius 3 is 2.94 bits per heavy atom. The molecule has 0 bridgehead atoms. The number of amides is 1. The van der Waals surface area contributed by atoms with Crippen molar-refractivity contribution in [2.45, 2.75) is 37.6 Å². The lowest BCUT2D eigenvalue weighted by molar-refractivity contribution is 0.0712. The molecule has 4 heteroatoms. The van der Waals surface area contributed by atoms with E-state index in [1.165, 1.54) is 18.4 Å². The SMILES string of the molecule is N[C@H]1CCCN(C(=O)c2sccc2C2CC2)C1. The van der Waals surface area contributed by atoms with Crippen molar-refractivity contribution in [1.82, 2.24) is 4.90 Å². The van der Waals surface area contributed by atoms with E-state index in [2.05, 4.69) is 6.07 Å². The maximum Gasteiger partial charge on any atom is 0.264 e. The molecule has 2 N–H and O–H groups in total. The summed E-state index contributed by atoms with van der Waals surface area (Å²) in [6.07, 6.45) is 4.58. The molecular weight excluding hydrogens is 232 g/mol. The normalized spacial score (nSPS) is 25.0. The lowest BCUT2D eigenvalue weighted by Gasteiger charge is -2.30. The van der Waals surface area contributed by atoms with Crippen LogP contribution in [-0.2, 0) is 0 Å². The van der Waals surface area contributed by atoms with Gasteiger partial charge in [0.1, 0.15) is 0 Å². The topological polar surface area (TPSA) is 46.3 Å². The van der Waals surface area contributed by atoms with Crippen LogP contribution in [0.25, 0.3) is 0 Å². The Balaban J connectivity index is 1.78. The zero-order chi connectivity index (χ0) is 11.8. The van der Waals surface area contributed by atoms with Gasteiger partial charge in [-0.2, -0.15) is 0 Å². The number of carbonyl (C=O) groups is 1. The summed E-state index contributed by atoms with van der Waals surface area (Å²) < 4.78 is 0. The third-order valence-corrected chi connectivity index (χ3v) is 4.57. The first-order valence-electron chi connectivity index (χ1n) is 6.38. The van der Waals surface area contributed by atoms with Gasteiger partial charge < -0.3 is 10.6 Å². The minimum atomic E-state index is 0.164. The summed E-state index contributed by atoms with van der Waals surface area (Å²) in [5, 5.41) is 2.05. The van der Waals surface area contributed by atoms with Crippen molar-refractivity contribution < 1.29 is 4.79 Å². The van der Waals surface area contributed by atoms with Gasteiger partial charge in [-0.05, 0) is 48.6 Å². The third kappa shape index (κ3) is 2.24. The average molecular weight is 250 g/mol. The molecule has 0 unspecified atom stereocenters. The Morgan fingerprint density at radius 2 is 2.24 bits per heavy atom. The molecule has 1 atom stereocenters. The van der Waals surface area contributed by atoms with Crippen LogP contribution in [0.4, 0.5) is 0 Å². The number of hydrogen-bond acceptors (Lipinski definition) is 3. The van der Waals surface area contributed by atoms with Crippen LogP contribution >= 0.6 is 11.3 Å². The molecule has 2 aliphatic rings. The van der Waals surface area contributed by atoms with Crippen molar-refractivity contribution >= 4 is 17.2 Å². The second kappa shape index (κ2) is 4.42. The third-order valence-electron chi connectivity index (χ3n) is 3.65. The molecule has 1 aliphatic heterocycles. The number of piperidine rings is 1. The first-order valence-corrected chi connectivity index (χ1v) is 7.26. The average Bonchev–Trinajstić information content (AvgIpc) is 3.06. The highest BCUT2D eigenvalue weighted by Gasteiger charge is 2.31. The number of nitrogens with two attached hydrogens (primary N) is 1. The molecule has 1 saturated carbocycles. The zero-order valence-electron chi connectivity index (χ0n) is 9.89. The Labute approximate surface area is 106 Å². The van der Waals surface area contributed by atoms with E-state index in [1.54, 1.807) is 11.3 Å². The molecule has 0 spiro atoms. The molecule has 92 valence electrons. The quantitative estimate of drug-likeness (QED) is 0.874. The monoisotopic (exact) mass is 250 g/mol. The minimum absolute atomic E-state index is 0.164. The summed E-state index contributed by atoms with van der Waals surface area (Å²) in [5.41, 5.74) is 7.21. The van der Waals surface area contributed by atoms with E-state index < -0.39 is 0 Å². The Morgan fingerprint density at radius 1 is 1.41 bits per heavy atom. The Bertz CT molecular complexity index is 425. The van der Waals surface area contributed by atoms with Gasteiger partial charge in [-0.1, -0.05) is 0 Å². The van der Waals surface area contributed by atoms with Crippen molar-refractivity contribution in [1.29, 1.82) is 0 Å². The van der Waals surface area contributed by atoms with Crippen LogP contribution < -0.4 is 5.73 Å². The molecule has 2 fully saturated rings. The summed E-state index contributed by atoms with van der Waals surface area (Å²) in [7, 11) is 0. The van der Waals surface area contributed by atoms with Gasteiger partial charge >= 0.3 is 0 Å². The lowest BCUT2D eigenvalue weighted by Crippen LogP contribution is -2.45. The Kier molecular flexibility index (Phi) is 2.92. The van der Waals surface area contributed by atoms with Crippen LogP contribution in [0.1, 0.15) is 46.8 Å². The van der Waals surface area contributed by atoms with Crippen LogP contribution in [0.3, 0.4) is 0 Å². The standard InChI is InChI=1S/C13H18N2OS/c14-10-2-1-6-15(8-10)13(16)12-11(5-7-17-12)9-3-4-9/h5,7,9-10H,1-4,6,8,14H2/t10-/m0/s1. The van der Waals surface area contributed by atoms with Crippen molar-refractivity contribution in [2.24, 2.45) is 5.73 Å². The van der Waals surface area contributed by atoms with Crippen molar-refractivity contribution in [3.05, 3.63) is 21.9 Å². The number of thiophene rings is 1. The molecule has 0 aromatic carbocycles. The summed E-state index contributed by atoms with van der Waals surface area (Å²) in [6, 6.07) is 2.29. The van der Waals surface area contributed by atoms with E-state index in [9.17, 15) is 4.79 Å². The minimum Gasteiger partial charge on any atom is -0.336 e. The highest BCUT2D eigenvalue weighted by atomic mass is 32.1. The van der Waals surface area contributed by atoms with Crippen molar-refractivity contribution in [3.8, 4) is 0 Å². The maximum absolute atomic E-state index is 12.4. The van der Waals surface area contributed by atoms with E-state index in [-0.39, 0.29) is 11.9 Å². The first kappa shape index (κ1) is 11.2. The van der Waals surface area contributed by atoms with Crippen LogP contribution in [0.15, 0.2) is 11.4 Å². The molecule has 1 aromatic rings. The van der Waals surface area contributed by atoms with Crippen LogP contribution in [0, 0.1) is 0 Å². The molecule has 3 rings (SSSR count). The number of carbonyl (C=O) groups excluding carboxylic acids is 1. The summed E-state index contributed by atoms with van der Waals surface area (Å²) in [4.78, 5) is 15.3. The predicted octanol–water partition coefficient (Wildman–Crippen LogP) is 2.19. The van der Waals surface area contributed by atoms with Gasteiger partial charge in [0.05, 0.1) is 4.88 Å². The second-order valence-corrected chi connectivity index (χ2v) is 6.05. The smallest absolute Gasteiger partial charge is 0.264 e. The van der Waals surface area contributed by atoms with Crippen LogP contribution in [0.5, 0.6) is 0 Å². The van der Waals surface area contributed by atoms with E-state index >= 15 is 0 Å².